The molecule has 2 nitrogen and oxygen atoms in total. The van der Waals surface area contributed by atoms with Crippen LogP contribution in [0.4, 0.5) is 0 Å². The van der Waals surface area contributed by atoms with Crippen LogP contribution in [0.5, 0.6) is 5.75 Å². The van der Waals surface area contributed by atoms with Gasteiger partial charge in [-0.05, 0) is 30.3 Å². The van der Waals surface area contributed by atoms with E-state index in [1.807, 2.05) is 36.4 Å². The largest absolute Gasteiger partial charge is 0.506 e. The van der Waals surface area contributed by atoms with Gasteiger partial charge >= 0.3 is 0 Å². The first kappa shape index (κ1) is 12.5. The molecule has 1 N–H and O–H groups in total. The molecule has 0 spiro atoms. The van der Waals surface area contributed by atoms with Crippen molar-refractivity contribution in [2.75, 3.05) is 0 Å². The van der Waals surface area contributed by atoms with E-state index in [1.54, 1.807) is 6.07 Å². The fourth-order valence-electron chi connectivity index (χ4n) is 2.86. The van der Waals surface area contributed by atoms with E-state index >= 15 is 0 Å². The van der Waals surface area contributed by atoms with E-state index in [-0.39, 0.29) is 5.75 Å². The SMILES string of the molecule is Oc1ccc(Br)cc1-n1c2ccccc2c2ccccc21. The fraction of sp³-hybridized carbons (Fsp3) is 0. The van der Waals surface area contributed by atoms with Crippen LogP contribution in [0.2, 0.25) is 0 Å². The number of hydrogen-bond acceptors (Lipinski definition) is 1. The monoisotopic (exact) mass is 337 g/mol. The summed E-state index contributed by atoms with van der Waals surface area (Å²) < 4.78 is 3.04. The molecule has 0 aliphatic rings. The number of benzene rings is 3. The summed E-state index contributed by atoms with van der Waals surface area (Å²) in [5, 5.41) is 12.7. The van der Waals surface area contributed by atoms with Crippen LogP contribution in [0.1, 0.15) is 0 Å². The van der Waals surface area contributed by atoms with Gasteiger partial charge in [0.2, 0.25) is 0 Å². The normalized spacial score (nSPS) is 11.3. The molecular weight excluding hydrogens is 326 g/mol. The van der Waals surface area contributed by atoms with Crippen LogP contribution in [0.3, 0.4) is 0 Å². The lowest BCUT2D eigenvalue weighted by molar-refractivity contribution is 0.473. The third kappa shape index (κ3) is 1.85. The van der Waals surface area contributed by atoms with Gasteiger partial charge in [-0.2, -0.15) is 0 Å². The lowest BCUT2D eigenvalue weighted by atomic mass is 10.2. The molecule has 102 valence electrons. The van der Waals surface area contributed by atoms with E-state index in [9.17, 15) is 5.11 Å². The molecule has 0 atom stereocenters. The number of halogens is 1. The molecule has 3 aromatic carbocycles. The summed E-state index contributed by atoms with van der Waals surface area (Å²) in [4.78, 5) is 0. The van der Waals surface area contributed by atoms with E-state index in [0.717, 1.165) is 21.2 Å². The molecule has 1 aromatic heterocycles. The Morgan fingerprint density at radius 3 is 1.95 bits per heavy atom. The molecule has 0 radical (unpaired) electrons. The predicted molar refractivity (Wildman–Crippen MR) is 90.1 cm³/mol. The predicted octanol–water partition coefficient (Wildman–Crippen LogP) is 5.25. The lowest BCUT2D eigenvalue weighted by Gasteiger charge is -2.10. The van der Waals surface area contributed by atoms with Gasteiger partial charge in [-0.1, -0.05) is 52.3 Å². The van der Waals surface area contributed by atoms with Crippen molar-refractivity contribution in [1.29, 1.82) is 0 Å². The van der Waals surface area contributed by atoms with Gasteiger partial charge in [-0.3, -0.25) is 0 Å². The minimum Gasteiger partial charge on any atom is -0.506 e. The summed E-state index contributed by atoms with van der Waals surface area (Å²) in [6.07, 6.45) is 0. The van der Waals surface area contributed by atoms with Crippen molar-refractivity contribution in [2.24, 2.45) is 0 Å². The van der Waals surface area contributed by atoms with Crippen molar-refractivity contribution in [2.45, 2.75) is 0 Å². The molecule has 0 saturated heterocycles. The minimum atomic E-state index is 0.268. The molecule has 0 fully saturated rings. The number of phenolic OH excluding ortho intramolecular Hbond substituents is 1. The Hall–Kier alpha value is -2.26. The molecule has 21 heavy (non-hydrogen) atoms. The van der Waals surface area contributed by atoms with Gasteiger partial charge in [0.15, 0.2) is 0 Å². The quantitative estimate of drug-likeness (QED) is 0.504. The lowest BCUT2D eigenvalue weighted by Crippen LogP contribution is -1.94. The third-order valence-electron chi connectivity index (χ3n) is 3.76. The van der Waals surface area contributed by atoms with Gasteiger partial charge in [-0.15, -0.1) is 0 Å². The highest BCUT2D eigenvalue weighted by Gasteiger charge is 2.13. The Morgan fingerprint density at radius 2 is 1.33 bits per heavy atom. The van der Waals surface area contributed by atoms with Crippen LogP contribution in [0.25, 0.3) is 27.5 Å². The van der Waals surface area contributed by atoms with Crippen molar-refractivity contribution < 1.29 is 5.11 Å². The first-order valence-corrected chi connectivity index (χ1v) is 7.52. The summed E-state index contributed by atoms with van der Waals surface area (Å²) in [7, 11) is 0. The number of aromatic nitrogens is 1. The zero-order valence-electron chi connectivity index (χ0n) is 11.1. The Morgan fingerprint density at radius 1 is 0.762 bits per heavy atom. The van der Waals surface area contributed by atoms with Crippen molar-refractivity contribution in [3.63, 3.8) is 0 Å². The van der Waals surface area contributed by atoms with Gasteiger partial charge < -0.3 is 9.67 Å². The minimum absolute atomic E-state index is 0.268. The number of aromatic hydroxyl groups is 1. The number of hydrogen-bond donors (Lipinski definition) is 1. The number of nitrogens with zero attached hydrogens (tertiary/aromatic N) is 1. The van der Waals surface area contributed by atoms with E-state index in [0.29, 0.717) is 0 Å². The first-order chi connectivity index (χ1) is 10.3. The number of rotatable bonds is 1. The highest BCUT2D eigenvalue weighted by Crippen LogP contribution is 2.35. The Balaban J connectivity index is 2.23. The number of phenols is 1. The van der Waals surface area contributed by atoms with E-state index in [4.69, 9.17) is 0 Å². The standard InChI is InChI=1S/C18H12BrNO/c19-12-9-10-18(21)17(11-12)20-15-7-3-1-5-13(15)14-6-2-4-8-16(14)20/h1-11,21H. The third-order valence-corrected chi connectivity index (χ3v) is 4.25. The maximum atomic E-state index is 10.3. The average Bonchev–Trinajstić information content (AvgIpc) is 2.84. The Labute approximate surface area is 130 Å². The fourth-order valence-corrected chi connectivity index (χ4v) is 3.21. The summed E-state index contributed by atoms with van der Waals surface area (Å²) in [5.74, 6) is 0.268. The zero-order valence-corrected chi connectivity index (χ0v) is 12.7. The molecule has 3 heteroatoms. The maximum absolute atomic E-state index is 10.3. The molecular formula is C18H12BrNO. The summed E-state index contributed by atoms with van der Waals surface area (Å²) in [6.45, 7) is 0. The van der Waals surface area contributed by atoms with Crippen molar-refractivity contribution in [3.8, 4) is 11.4 Å². The van der Waals surface area contributed by atoms with Gasteiger partial charge in [0.05, 0.1) is 16.7 Å². The molecule has 0 unspecified atom stereocenters. The topological polar surface area (TPSA) is 25.2 Å². The molecule has 0 aliphatic heterocycles. The average molecular weight is 338 g/mol. The van der Waals surface area contributed by atoms with Gasteiger partial charge in [-0.25, -0.2) is 0 Å². The van der Waals surface area contributed by atoms with Gasteiger partial charge in [0.25, 0.3) is 0 Å². The van der Waals surface area contributed by atoms with Crippen LogP contribution >= 0.6 is 15.9 Å². The highest BCUT2D eigenvalue weighted by atomic mass is 79.9. The summed E-state index contributed by atoms with van der Waals surface area (Å²) >= 11 is 3.49. The second-order valence-corrected chi connectivity index (χ2v) is 5.92. The Bertz CT molecular complexity index is 918. The van der Waals surface area contributed by atoms with Crippen molar-refractivity contribution in [3.05, 3.63) is 71.2 Å². The smallest absolute Gasteiger partial charge is 0.139 e. The van der Waals surface area contributed by atoms with Crippen molar-refractivity contribution in [1.82, 2.24) is 4.57 Å². The molecule has 4 aromatic rings. The maximum Gasteiger partial charge on any atom is 0.139 e. The number of para-hydroxylation sites is 2. The summed E-state index contributed by atoms with van der Waals surface area (Å²) in [6, 6.07) is 22.0. The number of fused-ring (bicyclic) bond motifs is 3. The van der Waals surface area contributed by atoms with Crippen LogP contribution in [-0.2, 0) is 0 Å². The van der Waals surface area contributed by atoms with Crippen LogP contribution < -0.4 is 0 Å². The first-order valence-electron chi connectivity index (χ1n) is 6.73. The molecule has 1 heterocycles. The molecule has 0 aliphatic carbocycles. The van der Waals surface area contributed by atoms with Crippen molar-refractivity contribution >= 4 is 37.7 Å². The van der Waals surface area contributed by atoms with E-state index in [1.165, 1.54) is 10.8 Å². The summed E-state index contributed by atoms with van der Waals surface area (Å²) in [5.41, 5.74) is 2.96. The van der Waals surface area contributed by atoms with E-state index in [2.05, 4.69) is 44.8 Å². The van der Waals surface area contributed by atoms with Gasteiger partial charge in [0, 0.05) is 15.2 Å². The molecule has 0 saturated carbocycles. The van der Waals surface area contributed by atoms with Crippen LogP contribution in [0, 0.1) is 0 Å². The zero-order chi connectivity index (χ0) is 14.4. The second kappa shape index (κ2) is 4.64. The van der Waals surface area contributed by atoms with Crippen LogP contribution in [0.15, 0.2) is 71.2 Å². The molecule has 0 bridgehead atoms. The molecule has 0 amide bonds. The Kier molecular flexibility index (Phi) is 2.76. The highest BCUT2D eigenvalue weighted by molar-refractivity contribution is 9.10. The van der Waals surface area contributed by atoms with E-state index < -0.39 is 0 Å². The second-order valence-electron chi connectivity index (χ2n) is 5.00. The van der Waals surface area contributed by atoms with Gasteiger partial charge in [0.1, 0.15) is 5.75 Å². The molecule has 4 rings (SSSR count). The van der Waals surface area contributed by atoms with Crippen LogP contribution in [-0.4, -0.2) is 9.67 Å².